The number of hydrogen-bond acceptors (Lipinski definition) is 4. The highest BCUT2D eigenvalue weighted by molar-refractivity contribution is 7.99. The molecule has 0 saturated heterocycles. The predicted octanol–water partition coefficient (Wildman–Crippen LogP) is 2.32. The molecule has 5 nitrogen and oxygen atoms in total. The van der Waals surface area contributed by atoms with Crippen LogP contribution in [0.1, 0.15) is 31.2 Å². The van der Waals surface area contributed by atoms with Crippen molar-refractivity contribution in [2.24, 2.45) is 7.05 Å². The van der Waals surface area contributed by atoms with Crippen LogP contribution < -0.4 is 5.32 Å². The molecule has 1 aromatic carbocycles. The van der Waals surface area contributed by atoms with E-state index in [-0.39, 0.29) is 11.3 Å². The van der Waals surface area contributed by atoms with Crippen molar-refractivity contribution in [1.82, 2.24) is 20.1 Å². The number of nitrogens with zero attached hydrogens (tertiary/aromatic N) is 3. The van der Waals surface area contributed by atoms with Gasteiger partial charge in [-0.1, -0.05) is 49.0 Å². The van der Waals surface area contributed by atoms with E-state index < -0.39 is 0 Å². The number of aromatic nitrogens is 3. The first-order chi connectivity index (χ1) is 11.2. The Morgan fingerprint density at radius 2 is 2.04 bits per heavy atom. The minimum Gasteiger partial charge on any atom is -0.355 e. The van der Waals surface area contributed by atoms with Crippen LogP contribution >= 0.6 is 11.8 Å². The zero-order chi connectivity index (χ0) is 16.3. The van der Waals surface area contributed by atoms with Crippen molar-refractivity contribution in [1.29, 1.82) is 0 Å². The fourth-order valence-corrected chi connectivity index (χ4v) is 3.46. The zero-order valence-electron chi connectivity index (χ0n) is 13.6. The lowest BCUT2D eigenvalue weighted by molar-refractivity contribution is -0.123. The zero-order valence-corrected chi connectivity index (χ0v) is 14.4. The van der Waals surface area contributed by atoms with Crippen LogP contribution in [0.2, 0.25) is 0 Å². The normalized spacial score (nSPS) is 15.4. The number of benzene rings is 1. The van der Waals surface area contributed by atoms with Gasteiger partial charge in [0.15, 0.2) is 5.16 Å². The van der Waals surface area contributed by atoms with E-state index in [4.69, 9.17) is 0 Å². The molecule has 0 unspecified atom stereocenters. The summed E-state index contributed by atoms with van der Waals surface area (Å²) in [7, 11) is 1.97. The van der Waals surface area contributed by atoms with E-state index in [1.165, 1.54) is 0 Å². The Bertz CT molecular complexity index is 679. The van der Waals surface area contributed by atoms with Crippen LogP contribution in [0, 0.1) is 0 Å². The molecule has 1 amide bonds. The molecule has 1 aromatic heterocycles. The second kappa shape index (κ2) is 6.74. The highest BCUT2D eigenvalue weighted by Crippen LogP contribution is 2.48. The molecule has 2 aromatic rings. The van der Waals surface area contributed by atoms with E-state index in [0.29, 0.717) is 13.0 Å². The lowest BCUT2D eigenvalue weighted by Crippen LogP contribution is -2.36. The molecule has 0 spiro atoms. The van der Waals surface area contributed by atoms with Gasteiger partial charge in [-0.3, -0.25) is 4.79 Å². The maximum absolute atomic E-state index is 12.6. The molecule has 1 heterocycles. The fraction of sp³-hybridized carbons (Fsp3) is 0.471. The predicted molar refractivity (Wildman–Crippen MR) is 91.5 cm³/mol. The highest BCUT2D eigenvalue weighted by Gasteiger charge is 2.50. The average Bonchev–Trinajstić information content (AvgIpc) is 3.32. The Morgan fingerprint density at radius 1 is 1.30 bits per heavy atom. The molecule has 1 fully saturated rings. The van der Waals surface area contributed by atoms with Crippen LogP contribution in [0.25, 0.3) is 0 Å². The lowest BCUT2D eigenvalue weighted by Gasteiger charge is -2.15. The third-order valence-corrected chi connectivity index (χ3v) is 5.25. The molecular weight excluding hydrogens is 308 g/mol. The smallest absolute Gasteiger partial charge is 0.230 e. The lowest BCUT2D eigenvalue weighted by atomic mass is 9.95. The van der Waals surface area contributed by atoms with Crippen LogP contribution in [0.3, 0.4) is 0 Å². The molecular formula is C17H22N4OS. The first-order valence-electron chi connectivity index (χ1n) is 8.02. The molecule has 6 heteroatoms. The molecule has 122 valence electrons. The molecule has 1 saturated carbocycles. The van der Waals surface area contributed by atoms with Crippen LogP contribution in [0.15, 0.2) is 35.5 Å². The van der Waals surface area contributed by atoms with E-state index in [1.807, 2.05) is 41.9 Å². The summed E-state index contributed by atoms with van der Waals surface area (Å²) in [5.41, 5.74) is 0.822. The number of amides is 1. The van der Waals surface area contributed by atoms with E-state index in [1.54, 1.807) is 11.8 Å². The Morgan fingerprint density at radius 3 is 2.70 bits per heavy atom. The van der Waals surface area contributed by atoms with Crippen molar-refractivity contribution in [2.75, 3.05) is 12.3 Å². The van der Waals surface area contributed by atoms with E-state index in [9.17, 15) is 4.79 Å². The van der Waals surface area contributed by atoms with Gasteiger partial charge in [0, 0.05) is 20.0 Å². The average molecular weight is 330 g/mol. The van der Waals surface area contributed by atoms with Crippen molar-refractivity contribution in [3.8, 4) is 0 Å². The molecule has 1 aliphatic carbocycles. The van der Waals surface area contributed by atoms with Gasteiger partial charge >= 0.3 is 0 Å². The topological polar surface area (TPSA) is 59.8 Å². The Balaban J connectivity index is 1.56. The van der Waals surface area contributed by atoms with Crippen LogP contribution in [-0.4, -0.2) is 33.0 Å². The van der Waals surface area contributed by atoms with Gasteiger partial charge in [0.25, 0.3) is 0 Å². The number of carbonyl (C=O) groups excluding carboxylic acids is 1. The molecule has 0 radical (unpaired) electrons. The SMILES string of the molecule is CCSc1nnc(CCNC(=O)C2(c3ccccc3)CC2)n1C. The largest absolute Gasteiger partial charge is 0.355 e. The van der Waals surface area contributed by atoms with E-state index in [0.717, 1.165) is 35.1 Å². The monoisotopic (exact) mass is 330 g/mol. The first-order valence-corrected chi connectivity index (χ1v) is 9.01. The van der Waals surface area contributed by atoms with E-state index >= 15 is 0 Å². The molecule has 0 bridgehead atoms. The summed E-state index contributed by atoms with van der Waals surface area (Å²) in [6.45, 7) is 2.69. The number of carbonyl (C=O) groups is 1. The summed E-state index contributed by atoms with van der Waals surface area (Å²) in [5, 5.41) is 12.4. The Labute approximate surface area is 140 Å². The number of nitrogens with one attached hydrogen (secondary N) is 1. The summed E-state index contributed by atoms with van der Waals surface area (Å²) < 4.78 is 2.00. The maximum Gasteiger partial charge on any atom is 0.230 e. The minimum atomic E-state index is -0.301. The van der Waals surface area contributed by atoms with Gasteiger partial charge in [-0.25, -0.2) is 0 Å². The van der Waals surface area contributed by atoms with Crippen molar-refractivity contribution in [2.45, 2.75) is 36.8 Å². The molecule has 1 aliphatic rings. The van der Waals surface area contributed by atoms with Gasteiger partial charge in [0.2, 0.25) is 5.91 Å². The number of thioether (sulfide) groups is 1. The van der Waals surface area contributed by atoms with Gasteiger partial charge in [0.05, 0.1) is 5.41 Å². The minimum absolute atomic E-state index is 0.133. The summed E-state index contributed by atoms with van der Waals surface area (Å²) in [4.78, 5) is 12.6. The van der Waals surface area contributed by atoms with Gasteiger partial charge in [-0.05, 0) is 24.2 Å². The van der Waals surface area contributed by atoms with Gasteiger partial charge < -0.3 is 9.88 Å². The van der Waals surface area contributed by atoms with Crippen LogP contribution in [0.4, 0.5) is 0 Å². The van der Waals surface area contributed by atoms with Crippen LogP contribution in [-0.2, 0) is 23.7 Å². The van der Waals surface area contributed by atoms with Crippen LogP contribution in [0.5, 0.6) is 0 Å². The Kier molecular flexibility index (Phi) is 4.71. The summed E-state index contributed by atoms with van der Waals surface area (Å²) in [6, 6.07) is 10.1. The molecule has 0 aliphatic heterocycles. The van der Waals surface area contributed by atoms with Crippen molar-refractivity contribution in [3.63, 3.8) is 0 Å². The third kappa shape index (κ3) is 3.27. The molecule has 3 rings (SSSR count). The second-order valence-corrected chi connectivity index (χ2v) is 7.08. The molecule has 23 heavy (non-hydrogen) atoms. The highest BCUT2D eigenvalue weighted by atomic mass is 32.2. The Hall–Kier alpha value is -1.82. The van der Waals surface area contributed by atoms with Gasteiger partial charge in [-0.15, -0.1) is 10.2 Å². The molecule has 0 atom stereocenters. The van der Waals surface area contributed by atoms with Crippen molar-refractivity contribution >= 4 is 17.7 Å². The van der Waals surface area contributed by atoms with Crippen molar-refractivity contribution < 1.29 is 4.79 Å². The number of rotatable bonds is 7. The van der Waals surface area contributed by atoms with E-state index in [2.05, 4.69) is 22.4 Å². The maximum atomic E-state index is 12.6. The van der Waals surface area contributed by atoms with Gasteiger partial charge in [0.1, 0.15) is 5.82 Å². The summed E-state index contributed by atoms with van der Waals surface area (Å²) in [5.74, 6) is 2.02. The second-order valence-electron chi connectivity index (χ2n) is 5.84. The third-order valence-electron chi connectivity index (χ3n) is 4.34. The first kappa shape index (κ1) is 16.1. The van der Waals surface area contributed by atoms with Crippen molar-refractivity contribution in [3.05, 3.63) is 41.7 Å². The van der Waals surface area contributed by atoms with Gasteiger partial charge in [-0.2, -0.15) is 0 Å². The fourth-order valence-electron chi connectivity index (χ4n) is 2.80. The quantitative estimate of drug-likeness (QED) is 0.792. The number of hydrogen-bond donors (Lipinski definition) is 1. The standard InChI is InChI=1S/C17H22N4OS/c1-3-23-16-20-19-14(21(16)2)9-12-18-15(22)17(10-11-17)13-7-5-4-6-8-13/h4-8H,3,9-12H2,1-2H3,(H,18,22). The summed E-state index contributed by atoms with van der Waals surface area (Å²) >= 11 is 1.68. The summed E-state index contributed by atoms with van der Waals surface area (Å²) in [6.07, 6.45) is 2.57. The molecule has 1 N–H and O–H groups in total.